The highest BCUT2D eigenvalue weighted by Gasteiger charge is 2.58. The van der Waals surface area contributed by atoms with E-state index in [-0.39, 0.29) is 11.3 Å². The molecule has 6 nitrogen and oxygen atoms in total. The first-order valence-corrected chi connectivity index (χ1v) is 13.3. The molecule has 4 aliphatic carbocycles. The maximum atomic E-state index is 13.6. The largest absolute Gasteiger partial charge is 0.390 e. The molecule has 4 saturated carbocycles. The second-order valence-corrected chi connectivity index (χ2v) is 12.0. The fourth-order valence-electron chi connectivity index (χ4n) is 9.01. The molecule has 8 atom stereocenters. The number of nitrogens with zero attached hydrogens (tertiary/aromatic N) is 4. The van der Waals surface area contributed by atoms with Gasteiger partial charge in [-0.25, -0.2) is 4.68 Å². The molecule has 1 N–H and O–H groups in total. The molecule has 2 aromatic heterocycles. The molecule has 4 fully saturated rings. The molecule has 33 heavy (non-hydrogen) atoms. The number of aliphatic hydroxyl groups is 1. The number of hydrogen-bond donors (Lipinski definition) is 1. The quantitative estimate of drug-likeness (QED) is 0.723. The van der Waals surface area contributed by atoms with E-state index in [1.54, 1.807) is 17.1 Å². The predicted octanol–water partition coefficient (Wildman–Crippen LogP) is 4.81. The number of fused-ring (bicyclic) bond motifs is 6. The van der Waals surface area contributed by atoms with Crippen LogP contribution in [0, 0.1) is 40.9 Å². The average molecular weight is 451 g/mol. The van der Waals surface area contributed by atoms with E-state index in [0.717, 1.165) is 54.5 Å². The summed E-state index contributed by atoms with van der Waals surface area (Å²) in [5.74, 6) is 4.24. The van der Waals surface area contributed by atoms with Crippen LogP contribution in [0.5, 0.6) is 0 Å². The summed E-state index contributed by atoms with van der Waals surface area (Å²) in [6.07, 6.45) is 14.8. The smallest absolute Gasteiger partial charge is 0.157 e. The van der Waals surface area contributed by atoms with Gasteiger partial charge in [0.1, 0.15) is 12.1 Å². The average Bonchev–Trinajstić information content (AvgIpc) is 3.39. The molecule has 0 amide bonds. The van der Waals surface area contributed by atoms with Gasteiger partial charge in [0.15, 0.2) is 5.78 Å². The summed E-state index contributed by atoms with van der Waals surface area (Å²) in [6.45, 7) is 4.89. The highest BCUT2D eigenvalue weighted by Crippen LogP contribution is 2.64. The zero-order chi connectivity index (χ0) is 22.8. The third kappa shape index (κ3) is 3.38. The minimum atomic E-state index is -0.413. The summed E-state index contributed by atoms with van der Waals surface area (Å²) in [7, 11) is 0. The summed E-state index contributed by atoms with van der Waals surface area (Å²) in [5.41, 5.74) is 1.36. The Morgan fingerprint density at radius 1 is 1.12 bits per heavy atom. The summed E-state index contributed by atoms with van der Waals surface area (Å²) in [6, 6.07) is 1.90. The van der Waals surface area contributed by atoms with E-state index in [4.69, 9.17) is 0 Å². The molecule has 8 unspecified atom stereocenters. The summed E-state index contributed by atoms with van der Waals surface area (Å²) in [5, 5.41) is 19.4. The molecule has 0 aromatic carbocycles. The van der Waals surface area contributed by atoms with Crippen molar-refractivity contribution in [3.05, 3.63) is 18.5 Å². The van der Waals surface area contributed by atoms with Crippen molar-refractivity contribution in [1.29, 1.82) is 0 Å². The number of aromatic nitrogens is 4. The Kier molecular flexibility index (Phi) is 5.17. The zero-order valence-electron chi connectivity index (χ0n) is 20.1. The molecule has 2 heterocycles. The standard InChI is InChI=1S/C27H38N4O2/c1-3-27(33)12-9-18-17(14-27)4-5-20-19(18)8-11-26(2)21(20)6-7-22(26)25(32)16-31-24-10-13-28-15-23(24)29-30-31/h10,13,15,17-22,33H,3-9,11-12,14,16H2,1-2H3. The summed E-state index contributed by atoms with van der Waals surface area (Å²) in [4.78, 5) is 17.7. The molecule has 0 radical (unpaired) electrons. The van der Waals surface area contributed by atoms with Crippen molar-refractivity contribution in [1.82, 2.24) is 20.0 Å². The Hall–Kier alpha value is -1.82. The van der Waals surface area contributed by atoms with Crippen molar-refractivity contribution in [2.24, 2.45) is 40.9 Å². The number of carbonyl (C=O) groups is 1. The molecule has 0 spiro atoms. The van der Waals surface area contributed by atoms with Crippen LogP contribution in [0.15, 0.2) is 18.5 Å². The lowest BCUT2D eigenvalue weighted by molar-refractivity contribution is -0.133. The molecule has 2 aromatic rings. The van der Waals surface area contributed by atoms with E-state index in [2.05, 4.69) is 29.1 Å². The molecule has 4 aliphatic rings. The van der Waals surface area contributed by atoms with Crippen LogP contribution in [-0.2, 0) is 11.3 Å². The van der Waals surface area contributed by atoms with Gasteiger partial charge in [0, 0.05) is 12.1 Å². The van der Waals surface area contributed by atoms with Gasteiger partial charge in [-0.1, -0.05) is 19.1 Å². The van der Waals surface area contributed by atoms with Crippen molar-refractivity contribution in [3.8, 4) is 0 Å². The third-order valence-electron chi connectivity index (χ3n) is 10.8. The van der Waals surface area contributed by atoms with E-state index in [9.17, 15) is 9.90 Å². The lowest BCUT2D eigenvalue weighted by Gasteiger charge is -2.57. The number of pyridine rings is 1. The fourth-order valence-corrected chi connectivity index (χ4v) is 9.01. The molecular formula is C27H38N4O2. The SMILES string of the molecule is CCC1(O)CCC2C(CCC3C2CCC2(C)C(C(=O)Cn4nnc5cnccc54)CCC32)C1. The van der Waals surface area contributed by atoms with Gasteiger partial charge in [0.05, 0.1) is 17.3 Å². The second-order valence-electron chi connectivity index (χ2n) is 12.0. The first-order valence-electron chi connectivity index (χ1n) is 13.3. The van der Waals surface area contributed by atoms with E-state index >= 15 is 0 Å². The van der Waals surface area contributed by atoms with E-state index in [1.807, 2.05) is 6.07 Å². The van der Waals surface area contributed by atoms with Gasteiger partial charge in [0.25, 0.3) is 0 Å². The fraction of sp³-hybridized carbons (Fsp3) is 0.778. The van der Waals surface area contributed by atoms with E-state index < -0.39 is 5.60 Å². The Morgan fingerprint density at radius 2 is 1.97 bits per heavy atom. The molecule has 0 aliphatic heterocycles. The summed E-state index contributed by atoms with van der Waals surface area (Å²) >= 11 is 0. The van der Waals surface area contributed by atoms with Gasteiger partial charge in [-0.3, -0.25) is 9.78 Å². The van der Waals surface area contributed by atoms with E-state index in [1.165, 1.54) is 38.5 Å². The molecule has 0 bridgehead atoms. The second kappa shape index (κ2) is 7.86. The van der Waals surface area contributed by atoms with Crippen LogP contribution in [0.25, 0.3) is 11.0 Å². The molecule has 178 valence electrons. The van der Waals surface area contributed by atoms with Gasteiger partial charge < -0.3 is 5.11 Å². The lowest BCUT2D eigenvalue weighted by Crippen LogP contribution is -2.51. The third-order valence-corrected chi connectivity index (χ3v) is 10.8. The Morgan fingerprint density at radius 3 is 2.82 bits per heavy atom. The topological polar surface area (TPSA) is 80.9 Å². The number of ketones is 1. The minimum Gasteiger partial charge on any atom is -0.390 e. The van der Waals surface area contributed by atoms with E-state index in [0.29, 0.717) is 24.2 Å². The predicted molar refractivity (Wildman–Crippen MR) is 126 cm³/mol. The highest BCUT2D eigenvalue weighted by molar-refractivity contribution is 5.84. The van der Waals surface area contributed by atoms with Crippen LogP contribution < -0.4 is 0 Å². The molecule has 0 saturated heterocycles. The number of Topliss-reactive ketones (excluding diaryl/α,β-unsaturated/α-hetero) is 1. The van der Waals surface area contributed by atoms with Crippen molar-refractivity contribution in [2.75, 3.05) is 0 Å². The van der Waals surface area contributed by atoms with Crippen molar-refractivity contribution in [2.45, 2.75) is 90.2 Å². The van der Waals surface area contributed by atoms with Crippen LogP contribution in [0.1, 0.15) is 78.1 Å². The van der Waals surface area contributed by atoms with Gasteiger partial charge >= 0.3 is 0 Å². The van der Waals surface area contributed by atoms with Crippen LogP contribution in [-0.4, -0.2) is 36.5 Å². The van der Waals surface area contributed by atoms with Crippen LogP contribution >= 0.6 is 0 Å². The molecular weight excluding hydrogens is 412 g/mol. The molecule has 6 heteroatoms. The Bertz CT molecular complexity index is 1050. The normalized spacial score (nSPS) is 42.5. The van der Waals surface area contributed by atoms with Gasteiger partial charge in [-0.05, 0) is 105 Å². The Balaban J connectivity index is 1.19. The first kappa shape index (κ1) is 21.7. The maximum Gasteiger partial charge on any atom is 0.157 e. The van der Waals surface area contributed by atoms with Gasteiger partial charge in [-0.15, -0.1) is 5.10 Å². The van der Waals surface area contributed by atoms with Gasteiger partial charge in [-0.2, -0.15) is 0 Å². The van der Waals surface area contributed by atoms with Crippen molar-refractivity contribution in [3.63, 3.8) is 0 Å². The lowest BCUT2D eigenvalue weighted by atomic mass is 9.48. The Labute approximate surface area is 196 Å². The summed E-state index contributed by atoms with van der Waals surface area (Å²) < 4.78 is 1.77. The monoisotopic (exact) mass is 450 g/mol. The maximum absolute atomic E-state index is 13.6. The first-order chi connectivity index (χ1) is 15.9. The minimum absolute atomic E-state index is 0.127. The van der Waals surface area contributed by atoms with Crippen molar-refractivity contribution >= 4 is 16.8 Å². The number of rotatable bonds is 4. The number of carbonyl (C=O) groups excluding carboxylic acids is 1. The van der Waals surface area contributed by atoms with Crippen LogP contribution in [0.2, 0.25) is 0 Å². The molecule has 6 rings (SSSR count). The zero-order valence-corrected chi connectivity index (χ0v) is 20.1. The van der Waals surface area contributed by atoms with Crippen LogP contribution in [0.4, 0.5) is 0 Å². The van der Waals surface area contributed by atoms with Gasteiger partial charge in [0.2, 0.25) is 0 Å². The van der Waals surface area contributed by atoms with Crippen LogP contribution in [0.3, 0.4) is 0 Å². The highest BCUT2D eigenvalue weighted by atomic mass is 16.3. The van der Waals surface area contributed by atoms with Crippen molar-refractivity contribution < 1.29 is 9.90 Å². The number of hydrogen-bond acceptors (Lipinski definition) is 5.